The summed E-state index contributed by atoms with van der Waals surface area (Å²) in [6.45, 7) is -0.970. The minimum Gasteiger partial charge on any atom is -0.292 e. The maximum Gasteiger partial charge on any atom is 0.273 e. The van der Waals surface area contributed by atoms with Crippen molar-refractivity contribution in [2.24, 2.45) is 11.8 Å². The Labute approximate surface area is 264 Å². The van der Waals surface area contributed by atoms with Crippen LogP contribution in [0, 0.1) is 32.1 Å². The highest BCUT2D eigenvalue weighted by molar-refractivity contribution is 6.66. The van der Waals surface area contributed by atoms with Gasteiger partial charge in [0, 0.05) is 35.4 Å². The van der Waals surface area contributed by atoms with Crippen LogP contribution in [-0.4, -0.2) is 64.0 Å². The number of ketones is 1. The smallest absolute Gasteiger partial charge is 0.273 e. The number of allylic oxidation sites excluding steroid dienone is 2. The maximum atomic E-state index is 13.9. The predicted octanol–water partition coefficient (Wildman–Crippen LogP) is 5.19. The topological polar surface area (TPSA) is 161 Å². The first kappa shape index (κ1) is 30.5. The highest BCUT2D eigenvalue weighted by Gasteiger charge is 2.88. The zero-order valence-corrected chi connectivity index (χ0v) is 24.8. The van der Waals surface area contributed by atoms with Crippen LogP contribution >= 0.6 is 69.6 Å². The number of imide groups is 1. The Balaban J connectivity index is 1.59. The predicted molar refractivity (Wildman–Crippen MR) is 151 cm³/mol. The molecule has 2 aromatic rings. The van der Waals surface area contributed by atoms with E-state index in [-0.39, 0.29) is 26.9 Å². The largest absolute Gasteiger partial charge is 0.292 e. The minimum absolute atomic E-state index is 0.118. The van der Waals surface area contributed by atoms with Crippen molar-refractivity contribution < 1.29 is 29.0 Å². The molecule has 2 fully saturated rings. The fraction of sp³-hybridized carbons (Fsp3) is 0.250. The molecule has 3 aliphatic rings. The van der Waals surface area contributed by atoms with E-state index in [2.05, 4.69) is 0 Å². The first-order valence-electron chi connectivity index (χ1n) is 11.5. The molecule has 0 aromatic heterocycles. The second-order valence-corrected chi connectivity index (χ2v) is 12.7. The van der Waals surface area contributed by atoms with Crippen molar-refractivity contribution in [3.05, 3.63) is 90.0 Å². The number of benzene rings is 2. The number of carbonyl (C=O) groups is 4. The van der Waals surface area contributed by atoms with Crippen LogP contribution < -0.4 is 0 Å². The number of hydrogen-bond donors (Lipinski definition) is 0. The zero-order chi connectivity index (χ0) is 31.1. The number of nitro benzene ring substituents is 2. The van der Waals surface area contributed by atoms with Crippen molar-refractivity contribution >= 4 is 104 Å². The quantitative estimate of drug-likeness (QED) is 0.126. The number of hydrogen-bond acceptors (Lipinski definition) is 8. The number of alkyl halides is 4. The Bertz CT molecular complexity index is 1620. The average molecular weight is 697 g/mol. The van der Waals surface area contributed by atoms with Gasteiger partial charge in [-0.05, 0) is 18.2 Å². The molecule has 42 heavy (non-hydrogen) atoms. The molecule has 0 spiro atoms. The summed E-state index contributed by atoms with van der Waals surface area (Å²) in [5, 5.41) is 22.4. The summed E-state index contributed by atoms with van der Waals surface area (Å²) in [6, 6.07) is 8.63. The fourth-order valence-electron chi connectivity index (χ4n) is 5.35. The number of rotatable bonds is 7. The number of carbonyl (C=O) groups excluding carboxylic acids is 4. The van der Waals surface area contributed by atoms with Gasteiger partial charge in [-0.25, -0.2) is 5.01 Å². The molecule has 5 rings (SSSR count). The molecule has 1 heterocycles. The van der Waals surface area contributed by atoms with Gasteiger partial charge in [-0.15, -0.1) is 23.2 Å². The number of amides is 3. The van der Waals surface area contributed by atoms with Crippen LogP contribution in [0.25, 0.3) is 0 Å². The van der Waals surface area contributed by atoms with E-state index >= 15 is 0 Å². The summed E-state index contributed by atoms with van der Waals surface area (Å²) >= 11 is 39.1. The first-order valence-corrected chi connectivity index (χ1v) is 13.8. The number of Topliss-reactive ketones (excluding diaryl/α,β-unsaturated/α-hetero) is 1. The molecule has 218 valence electrons. The second kappa shape index (κ2) is 10.0. The molecule has 0 radical (unpaired) electrons. The lowest BCUT2D eigenvalue weighted by atomic mass is 9.84. The van der Waals surface area contributed by atoms with E-state index in [1.165, 1.54) is 6.07 Å². The number of hydrazine groups is 1. The molecule has 3 amide bonds. The number of halogens is 6. The van der Waals surface area contributed by atoms with Gasteiger partial charge in [0.05, 0.1) is 31.7 Å². The van der Waals surface area contributed by atoms with Gasteiger partial charge in [0.25, 0.3) is 29.1 Å². The Morgan fingerprint density at radius 3 is 1.79 bits per heavy atom. The summed E-state index contributed by atoms with van der Waals surface area (Å²) in [7, 11) is 0. The van der Waals surface area contributed by atoms with Crippen LogP contribution in [0.1, 0.15) is 20.7 Å². The minimum atomic E-state index is -2.26. The summed E-state index contributed by atoms with van der Waals surface area (Å²) in [6.07, 6.45) is 0. The van der Waals surface area contributed by atoms with Gasteiger partial charge in [-0.1, -0.05) is 52.5 Å². The molecule has 4 atom stereocenters. The standard InChI is InChI=1S/C24H12Cl6N4O8/c25-17-18(26)23(28)16-15(22(17,27)24(23,29)30)20(37)32(21(16)38)31(19(36)11-2-1-3-13(8-11)34(41)42)9-14(35)10-4-6-12(7-5-10)33(39)40/h1-8,15-16H,9H2/t15-,16-,22-,23-/m1/s1. The van der Waals surface area contributed by atoms with Gasteiger partial charge in [0.2, 0.25) is 0 Å². The van der Waals surface area contributed by atoms with E-state index in [0.717, 1.165) is 42.5 Å². The lowest BCUT2D eigenvalue weighted by molar-refractivity contribution is -0.385. The van der Waals surface area contributed by atoms with Gasteiger partial charge in [0.15, 0.2) is 10.1 Å². The Morgan fingerprint density at radius 1 is 0.810 bits per heavy atom. The van der Waals surface area contributed by atoms with Crippen LogP contribution in [0.2, 0.25) is 0 Å². The van der Waals surface area contributed by atoms with Crippen molar-refractivity contribution in [3.8, 4) is 0 Å². The Hall–Kier alpha value is -3.00. The molecule has 1 aliphatic heterocycles. The number of non-ortho nitro benzene ring substituents is 2. The summed E-state index contributed by atoms with van der Waals surface area (Å²) in [5.74, 6) is -7.59. The second-order valence-electron chi connectivity index (χ2n) is 9.47. The molecular formula is C24H12Cl6N4O8. The van der Waals surface area contributed by atoms with Crippen molar-refractivity contribution in [1.82, 2.24) is 10.0 Å². The molecular weight excluding hydrogens is 685 g/mol. The van der Waals surface area contributed by atoms with E-state index in [4.69, 9.17) is 69.6 Å². The zero-order valence-electron chi connectivity index (χ0n) is 20.3. The van der Waals surface area contributed by atoms with Gasteiger partial charge in [-0.2, -0.15) is 5.01 Å². The van der Waals surface area contributed by atoms with Gasteiger partial charge >= 0.3 is 0 Å². The van der Waals surface area contributed by atoms with Crippen LogP contribution in [0.15, 0.2) is 58.6 Å². The van der Waals surface area contributed by atoms with Crippen molar-refractivity contribution in [2.75, 3.05) is 6.54 Å². The Morgan fingerprint density at radius 2 is 1.31 bits per heavy atom. The Kier molecular flexibility index (Phi) is 7.28. The third-order valence-corrected chi connectivity index (χ3v) is 11.6. The molecule has 0 unspecified atom stereocenters. The molecule has 2 aliphatic carbocycles. The molecule has 2 bridgehead atoms. The molecule has 12 nitrogen and oxygen atoms in total. The first-order chi connectivity index (χ1) is 19.5. The number of nitro groups is 2. The van der Waals surface area contributed by atoms with Crippen LogP contribution in [-0.2, 0) is 9.59 Å². The summed E-state index contributed by atoms with van der Waals surface area (Å²) < 4.78 is -2.26. The van der Waals surface area contributed by atoms with Crippen molar-refractivity contribution in [3.63, 3.8) is 0 Å². The van der Waals surface area contributed by atoms with Gasteiger partial charge < -0.3 is 0 Å². The SMILES string of the molecule is O=C(CN(C(=O)c1cccc([N+](=O)[O-])c1)N1C(=O)[C@H]2[C@H](C1=O)[C@@]1(Cl)C(Cl)=C(Cl)[C@@]2(Cl)C1(Cl)Cl)c1ccc([N+](=O)[O-])cc1. The lowest BCUT2D eigenvalue weighted by Gasteiger charge is -2.36. The molecule has 18 heteroatoms. The van der Waals surface area contributed by atoms with Gasteiger partial charge in [0.1, 0.15) is 16.3 Å². The highest BCUT2D eigenvalue weighted by Crippen LogP contribution is 2.77. The van der Waals surface area contributed by atoms with E-state index in [1.54, 1.807) is 0 Å². The van der Waals surface area contributed by atoms with Crippen LogP contribution in [0.3, 0.4) is 0 Å². The maximum absolute atomic E-state index is 13.9. The van der Waals surface area contributed by atoms with Crippen molar-refractivity contribution in [1.29, 1.82) is 0 Å². The monoisotopic (exact) mass is 694 g/mol. The summed E-state index contributed by atoms with van der Waals surface area (Å²) in [4.78, 5) is 71.3. The third kappa shape index (κ3) is 3.89. The van der Waals surface area contributed by atoms with E-state index in [0.29, 0.717) is 10.0 Å². The van der Waals surface area contributed by atoms with E-state index in [9.17, 15) is 39.4 Å². The number of fused-ring (bicyclic) bond motifs is 5. The van der Waals surface area contributed by atoms with E-state index in [1.807, 2.05) is 0 Å². The van der Waals surface area contributed by atoms with Gasteiger partial charge in [-0.3, -0.25) is 39.4 Å². The van der Waals surface area contributed by atoms with E-state index < -0.39 is 71.5 Å². The molecule has 2 aromatic carbocycles. The third-order valence-electron chi connectivity index (χ3n) is 7.36. The normalized spacial score (nSPS) is 27.3. The lowest BCUT2D eigenvalue weighted by Crippen LogP contribution is -2.56. The highest BCUT2D eigenvalue weighted by atomic mass is 35.5. The average Bonchev–Trinajstić information content (AvgIpc) is 3.34. The number of nitrogens with zero attached hydrogens (tertiary/aromatic N) is 4. The summed E-state index contributed by atoms with van der Waals surface area (Å²) in [5.41, 5.74) is -1.29. The van der Waals surface area contributed by atoms with Crippen molar-refractivity contribution in [2.45, 2.75) is 14.1 Å². The molecule has 1 saturated heterocycles. The molecule has 0 N–H and O–H groups in total. The molecule has 1 saturated carbocycles. The van der Waals surface area contributed by atoms with Crippen LogP contribution in [0.5, 0.6) is 0 Å². The fourth-order valence-corrected chi connectivity index (χ4v) is 8.28. The van der Waals surface area contributed by atoms with Crippen LogP contribution in [0.4, 0.5) is 11.4 Å².